The molecule has 0 aliphatic heterocycles. The van der Waals surface area contributed by atoms with Gasteiger partial charge in [-0.2, -0.15) is 0 Å². The van der Waals surface area contributed by atoms with E-state index in [-0.39, 0.29) is 11.4 Å². The van der Waals surface area contributed by atoms with Gasteiger partial charge in [-0.15, -0.1) is 0 Å². The lowest BCUT2D eigenvalue weighted by Crippen LogP contribution is -2.43. The highest BCUT2D eigenvalue weighted by molar-refractivity contribution is 5.76. The monoisotopic (exact) mass is 198 g/mol. The van der Waals surface area contributed by atoms with E-state index in [1.54, 1.807) is 0 Å². The van der Waals surface area contributed by atoms with E-state index in [1.807, 2.05) is 0 Å². The standard InChI is InChI=1S/C11H22N2O/c1-4-13-11(5-6-11)8-12-10(14)7-9(2)3/h9,13H,4-8H2,1-3H3,(H,12,14). The van der Waals surface area contributed by atoms with Crippen LogP contribution in [0.25, 0.3) is 0 Å². The lowest BCUT2D eigenvalue weighted by Gasteiger charge is -2.17. The topological polar surface area (TPSA) is 41.1 Å². The van der Waals surface area contributed by atoms with Gasteiger partial charge in [0.25, 0.3) is 0 Å². The van der Waals surface area contributed by atoms with E-state index in [0.717, 1.165) is 13.1 Å². The minimum Gasteiger partial charge on any atom is -0.354 e. The number of hydrogen-bond acceptors (Lipinski definition) is 2. The third-order valence-corrected chi connectivity index (χ3v) is 2.62. The molecule has 0 unspecified atom stereocenters. The second-order valence-corrected chi connectivity index (χ2v) is 4.69. The highest BCUT2D eigenvalue weighted by Crippen LogP contribution is 2.34. The van der Waals surface area contributed by atoms with Gasteiger partial charge < -0.3 is 10.6 Å². The molecule has 1 aliphatic rings. The number of carbonyl (C=O) groups excluding carboxylic acids is 1. The Morgan fingerprint density at radius 2 is 2.07 bits per heavy atom. The largest absolute Gasteiger partial charge is 0.354 e. The zero-order valence-corrected chi connectivity index (χ0v) is 9.52. The molecule has 14 heavy (non-hydrogen) atoms. The zero-order chi connectivity index (χ0) is 10.6. The number of rotatable bonds is 6. The van der Waals surface area contributed by atoms with E-state index < -0.39 is 0 Å². The molecule has 1 fully saturated rings. The van der Waals surface area contributed by atoms with Crippen LogP contribution in [0.1, 0.15) is 40.0 Å². The minimum absolute atomic E-state index is 0.184. The maximum Gasteiger partial charge on any atom is 0.220 e. The molecule has 1 rings (SSSR count). The molecule has 0 radical (unpaired) electrons. The first-order chi connectivity index (χ1) is 6.58. The molecule has 3 nitrogen and oxygen atoms in total. The number of hydrogen-bond donors (Lipinski definition) is 2. The highest BCUT2D eigenvalue weighted by Gasteiger charge is 2.41. The Balaban J connectivity index is 2.17. The van der Waals surface area contributed by atoms with Gasteiger partial charge in [-0.1, -0.05) is 20.8 Å². The number of amides is 1. The fraction of sp³-hybridized carbons (Fsp3) is 0.909. The predicted octanol–water partition coefficient (Wildman–Crippen LogP) is 1.29. The first-order valence-electron chi connectivity index (χ1n) is 5.60. The van der Waals surface area contributed by atoms with Crippen molar-refractivity contribution in [1.82, 2.24) is 10.6 Å². The van der Waals surface area contributed by atoms with Crippen molar-refractivity contribution in [3.05, 3.63) is 0 Å². The third-order valence-electron chi connectivity index (χ3n) is 2.62. The van der Waals surface area contributed by atoms with Crippen LogP contribution in [0.3, 0.4) is 0 Å². The second-order valence-electron chi connectivity index (χ2n) is 4.69. The molecule has 1 saturated carbocycles. The molecule has 1 amide bonds. The van der Waals surface area contributed by atoms with Gasteiger partial charge >= 0.3 is 0 Å². The molecule has 0 aromatic rings. The SMILES string of the molecule is CCNC1(CNC(=O)CC(C)C)CC1. The molecule has 0 atom stereocenters. The van der Waals surface area contributed by atoms with E-state index in [2.05, 4.69) is 31.4 Å². The molecule has 0 aromatic heterocycles. The summed E-state index contributed by atoms with van der Waals surface area (Å²) >= 11 is 0. The molecule has 0 saturated heterocycles. The van der Waals surface area contributed by atoms with Gasteiger partial charge in [-0.3, -0.25) is 4.79 Å². The Labute approximate surface area is 86.6 Å². The third kappa shape index (κ3) is 3.66. The van der Waals surface area contributed by atoms with Crippen molar-refractivity contribution in [2.75, 3.05) is 13.1 Å². The normalized spacial score (nSPS) is 18.3. The van der Waals surface area contributed by atoms with Gasteiger partial charge in [-0.25, -0.2) is 0 Å². The second kappa shape index (κ2) is 4.78. The average Bonchev–Trinajstić information content (AvgIpc) is 2.82. The fourth-order valence-corrected chi connectivity index (χ4v) is 1.65. The first kappa shape index (κ1) is 11.5. The van der Waals surface area contributed by atoms with Crippen molar-refractivity contribution < 1.29 is 4.79 Å². The van der Waals surface area contributed by atoms with Gasteiger partial charge in [-0.05, 0) is 25.3 Å². The van der Waals surface area contributed by atoms with E-state index in [9.17, 15) is 4.79 Å². The van der Waals surface area contributed by atoms with Gasteiger partial charge in [0.2, 0.25) is 5.91 Å². The summed E-state index contributed by atoms with van der Waals surface area (Å²) in [6, 6.07) is 0. The quantitative estimate of drug-likeness (QED) is 0.675. The maximum atomic E-state index is 11.4. The molecule has 0 spiro atoms. The maximum absolute atomic E-state index is 11.4. The van der Waals surface area contributed by atoms with Crippen LogP contribution >= 0.6 is 0 Å². The van der Waals surface area contributed by atoms with Crippen molar-refractivity contribution in [3.63, 3.8) is 0 Å². The minimum atomic E-state index is 0.184. The summed E-state index contributed by atoms with van der Waals surface area (Å²) in [4.78, 5) is 11.4. The van der Waals surface area contributed by atoms with Gasteiger partial charge in [0.1, 0.15) is 0 Å². The van der Waals surface area contributed by atoms with Crippen LogP contribution in [-0.4, -0.2) is 24.5 Å². The Morgan fingerprint density at radius 1 is 1.43 bits per heavy atom. The summed E-state index contributed by atoms with van der Waals surface area (Å²) in [7, 11) is 0. The summed E-state index contributed by atoms with van der Waals surface area (Å²) in [5.74, 6) is 0.633. The van der Waals surface area contributed by atoms with Crippen LogP contribution in [0, 0.1) is 5.92 Å². The molecule has 1 aliphatic carbocycles. The summed E-state index contributed by atoms with van der Waals surface area (Å²) in [5, 5.41) is 6.43. The Hall–Kier alpha value is -0.570. The number of nitrogens with one attached hydrogen (secondary N) is 2. The Morgan fingerprint density at radius 3 is 2.50 bits per heavy atom. The van der Waals surface area contributed by atoms with Crippen LogP contribution in [0.2, 0.25) is 0 Å². The lowest BCUT2D eigenvalue weighted by atomic mass is 10.1. The predicted molar refractivity (Wildman–Crippen MR) is 58.1 cm³/mol. The van der Waals surface area contributed by atoms with Crippen molar-refractivity contribution >= 4 is 5.91 Å². The molecule has 2 N–H and O–H groups in total. The summed E-state index contributed by atoms with van der Waals surface area (Å²) in [6.07, 6.45) is 3.04. The summed E-state index contributed by atoms with van der Waals surface area (Å²) < 4.78 is 0. The lowest BCUT2D eigenvalue weighted by molar-refractivity contribution is -0.121. The van der Waals surface area contributed by atoms with Gasteiger partial charge in [0, 0.05) is 18.5 Å². The van der Waals surface area contributed by atoms with Crippen molar-refractivity contribution in [2.24, 2.45) is 5.92 Å². The van der Waals surface area contributed by atoms with Gasteiger partial charge in [0.05, 0.1) is 0 Å². The van der Waals surface area contributed by atoms with E-state index in [4.69, 9.17) is 0 Å². The number of likely N-dealkylation sites (N-methyl/N-ethyl adjacent to an activating group) is 1. The van der Waals surface area contributed by atoms with Crippen LogP contribution in [0.15, 0.2) is 0 Å². The Kier molecular flexibility index (Phi) is 3.93. The summed E-state index contributed by atoms with van der Waals surface area (Å²) in [5.41, 5.74) is 0.237. The zero-order valence-electron chi connectivity index (χ0n) is 9.52. The molecular weight excluding hydrogens is 176 g/mol. The molecule has 0 heterocycles. The fourth-order valence-electron chi connectivity index (χ4n) is 1.65. The van der Waals surface area contributed by atoms with Crippen molar-refractivity contribution in [1.29, 1.82) is 0 Å². The molecular formula is C11H22N2O. The van der Waals surface area contributed by atoms with Crippen LogP contribution in [0.5, 0.6) is 0 Å². The van der Waals surface area contributed by atoms with Crippen molar-refractivity contribution in [2.45, 2.75) is 45.6 Å². The molecule has 82 valence electrons. The van der Waals surface area contributed by atoms with E-state index >= 15 is 0 Å². The highest BCUT2D eigenvalue weighted by atomic mass is 16.1. The molecule has 0 bridgehead atoms. The first-order valence-corrected chi connectivity index (χ1v) is 5.60. The summed E-state index contributed by atoms with van der Waals surface area (Å²) in [6.45, 7) is 8.02. The number of carbonyl (C=O) groups is 1. The van der Waals surface area contributed by atoms with E-state index in [0.29, 0.717) is 12.3 Å². The molecule has 3 heteroatoms. The van der Waals surface area contributed by atoms with Gasteiger partial charge in [0.15, 0.2) is 0 Å². The average molecular weight is 198 g/mol. The smallest absolute Gasteiger partial charge is 0.220 e. The van der Waals surface area contributed by atoms with E-state index in [1.165, 1.54) is 12.8 Å². The Bertz CT molecular complexity index is 197. The van der Waals surface area contributed by atoms with Crippen LogP contribution in [0.4, 0.5) is 0 Å². The molecule has 0 aromatic carbocycles. The van der Waals surface area contributed by atoms with Crippen molar-refractivity contribution in [3.8, 4) is 0 Å². The van der Waals surface area contributed by atoms with Crippen LogP contribution in [-0.2, 0) is 4.79 Å². The van der Waals surface area contributed by atoms with Crippen LogP contribution < -0.4 is 10.6 Å².